The maximum absolute atomic E-state index is 13.0. The van der Waals surface area contributed by atoms with Gasteiger partial charge in [-0.05, 0) is 18.2 Å². The number of ketones is 1. The highest BCUT2D eigenvalue weighted by Gasteiger charge is 2.25. The minimum absolute atomic E-state index is 0.155. The van der Waals surface area contributed by atoms with Gasteiger partial charge in [-0.1, -0.05) is 18.2 Å². The predicted octanol–water partition coefficient (Wildman–Crippen LogP) is 2.34. The van der Waals surface area contributed by atoms with Crippen LogP contribution in [-0.4, -0.2) is 54.9 Å². The zero-order valence-corrected chi connectivity index (χ0v) is 14.8. The van der Waals surface area contributed by atoms with Crippen molar-refractivity contribution >= 4 is 23.1 Å². The maximum Gasteiger partial charge on any atom is 0.293 e. The summed E-state index contributed by atoms with van der Waals surface area (Å²) >= 11 is 0. The van der Waals surface area contributed by atoms with Gasteiger partial charge in [0.2, 0.25) is 0 Å². The first kappa shape index (κ1) is 18.5. The molecule has 0 radical (unpaired) electrons. The van der Waals surface area contributed by atoms with Crippen LogP contribution < -0.4 is 5.32 Å². The molecule has 140 valence electrons. The fraction of sp³-hybridized carbons (Fsp3) is 0.263. The van der Waals surface area contributed by atoms with Crippen molar-refractivity contribution in [1.82, 2.24) is 4.90 Å². The van der Waals surface area contributed by atoms with Crippen LogP contribution in [0, 0.1) is 10.1 Å². The number of rotatable bonds is 5. The monoisotopic (exact) mass is 369 g/mol. The molecule has 1 aliphatic rings. The van der Waals surface area contributed by atoms with Crippen molar-refractivity contribution in [2.75, 3.05) is 38.7 Å². The van der Waals surface area contributed by atoms with Gasteiger partial charge in [0.15, 0.2) is 5.78 Å². The Labute approximate surface area is 155 Å². The molecule has 3 rings (SSSR count). The Hall–Kier alpha value is -3.26. The predicted molar refractivity (Wildman–Crippen MR) is 99.2 cm³/mol. The van der Waals surface area contributed by atoms with Gasteiger partial charge in [-0.3, -0.25) is 19.7 Å². The average molecular weight is 369 g/mol. The molecule has 1 fully saturated rings. The number of morpholine rings is 1. The number of anilines is 1. The molecule has 2 aromatic carbocycles. The van der Waals surface area contributed by atoms with Crippen molar-refractivity contribution in [2.45, 2.75) is 0 Å². The van der Waals surface area contributed by atoms with Crippen LogP contribution >= 0.6 is 0 Å². The Balaban J connectivity index is 1.97. The van der Waals surface area contributed by atoms with Crippen LogP contribution in [0.15, 0.2) is 42.5 Å². The normalized spacial score (nSPS) is 13.9. The Morgan fingerprint density at radius 2 is 1.78 bits per heavy atom. The van der Waals surface area contributed by atoms with E-state index in [-0.39, 0.29) is 28.3 Å². The second-order valence-electron chi connectivity index (χ2n) is 6.02. The molecule has 1 heterocycles. The van der Waals surface area contributed by atoms with Gasteiger partial charge in [0.25, 0.3) is 11.6 Å². The largest absolute Gasteiger partial charge is 0.383 e. The molecule has 0 bridgehead atoms. The van der Waals surface area contributed by atoms with E-state index in [1.54, 1.807) is 36.2 Å². The zero-order chi connectivity index (χ0) is 19.4. The van der Waals surface area contributed by atoms with Crippen LogP contribution in [0.2, 0.25) is 0 Å². The number of hydrogen-bond donors (Lipinski definition) is 1. The summed E-state index contributed by atoms with van der Waals surface area (Å²) in [7, 11) is 1.57. The third-order valence-electron chi connectivity index (χ3n) is 4.43. The minimum Gasteiger partial charge on any atom is -0.383 e. The average Bonchev–Trinajstić information content (AvgIpc) is 2.72. The fourth-order valence-corrected chi connectivity index (χ4v) is 3.00. The van der Waals surface area contributed by atoms with Crippen molar-refractivity contribution in [3.63, 3.8) is 0 Å². The van der Waals surface area contributed by atoms with E-state index in [1.807, 2.05) is 0 Å². The number of nitro groups is 1. The topological polar surface area (TPSA) is 102 Å². The minimum atomic E-state index is -0.548. The molecular weight excluding hydrogens is 350 g/mol. The van der Waals surface area contributed by atoms with Crippen LogP contribution in [0.1, 0.15) is 26.3 Å². The van der Waals surface area contributed by atoms with Crippen LogP contribution in [-0.2, 0) is 4.74 Å². The molecule has 0 atom stereocenters. The summed E-state index contributed by atoms with van der Waals surface area (Å²) < 4.78 is 5.26. The molecule has 8 nitrogen and oxygen atoms in total. The first-order valence-electron chi connectivity index (χ1n) is 8.50. The number of ether oxygens (including phenoxy) is 1. The standard InChI is InChI=1S/C19H19N3O5/c1-20-16-7-6-13(12-17(16)22(25)26)18(23)14-4-2-3-5-15(14)19(24)21-8-10-27-11-9-21/h2-7,12,20H,8-11H2,1H3. The molecular formula is C19H19N3O5. The molecule has 1 N–H and O–H groups in total. The second kappa shape index (κ2) is 7.96. The molecule has 2 aromatic rings. The summed E-state index contributed by atoms with van der Waals surface area (Å²) in [5.74, 6) is -0.679. The van der Waals surface area contributed by atoms with Gasteiger partial charge in [0.05, 0.1) is 23.7 Å². The molecule has 0 unspecified atom stereocenters. The van der Waals surface area contributed by atoms with E-state index in [0.717, 1.165) is 0 Å². The number of carbonyl (C=O) groups excluding carboxylic acids is 2. The van der Waals surface area contributed by atoms with E-state index in [0.29, 0.717) is 32.0 Å². The Bertz CT molecular complexity index is 891. The van der Waals surface area contributed by atoms with E-state index >= 15 is 0 Å². The highest BCUT2D eigenvalue weighted by molar-refractivity contribution is 6.15. The third kappa shape index (κ3) is 3.80. The van der Waals surface area contributed by atoms with Crippen LogP contribution in [0.25, 0.3) is 0 Å². The number of nitro benzene ring substituents is 1. The van der Waals surface area contributed by atoms with E-state index in [2.05, 4.69) is 5.32 Å². The molecule has 8 heteroatoms. The smallest absolute Gasteiger partial charge is 0.293 e. The Kier molecular flexibility index (Phi) is 5.46. The first-order valence-corrected chi connectivity index (χ1v) is 8.50. The van der Waals surface area contributed by atoms with Gasteiger partial charge in [-0.15, -0.1) is 0 Å². The van der Waals surface area contributed by atoms with E-state index in [4.69, 9.17) is 4.74 Å². The van der Waals surface area contributed by atoms with Crippen molar-refractivity contribution in [1.29, 1.82) is 0 Å². The molecule has 0 spiro atoms. The Morgan fingerprint density at radius 3 is 2.41 bits per heavy atom. The molecule has 0 aromatic heterocycles. The van der Waals surface area contributed by atoms with Crippen LogP contribution in [0.3, 0.4) is 0 Å². The van der Waals surface area contributed by atoms with Gasteiger partial charge in [0.1, 0.15) is 5.69 Å². The maximum atomic E-state index is 13.0. The number of nitrogens with zero attached hydrogens (tertiary/aromatic N) is 2. The number of hydrogen-bond acceptors (Lipinski definition) is 6. The Morgan fingerprint density at radius 1 is 1.11 bits per heavy atom. The summed E-state index contributed by atoms with van der Waals surface area (Å²) in [6.07, 6.45) is 0. The number of amides is 1. The number of benzene rings is 2. The van der Waals surface area contributed by atoms with Crippen LogP contribution in [0.4, 0.5) is 11.4 Å². The third-order valence-corrected chi connectivity index (χ3v) is 4.43. The lowest BCUT2D eigenvalue weighted by atomic mass is 9.97. The highest BCUT2D eigenvalue weighted by atomic mass is 16.6. The molecule has 1 aliphatic heterocycles. The fourth-order valence-electron chi connectivity index (χ4n) is 3.00. The molecule has 27 heavy (non-hydrogen) atoms. The van der Waals surface area contributed by atoms with E-state index in [1.165, 1.54) is 18.2 Å². The van der Waals surface area contributed by atoms with Gasteiger partial charge in [-0.25, -0.2) is 0 Å². The summed E-state index contributed by atoms with van der Waals surface area (Å²) in [6, 6.07) is 10.7. The summed E-state index contributed by atoms with van der Waals surface area (Å²) in [4.78, 5) is 38.2. The molecule has 0 saturated carbocycles. The van der Waals surface area contributed by atoms with Crippen molar-refractivity contribution in [2.24, 2.45) is 0 Å². The van der Waals surface area contributed by atoms with E-state index in [9.17, 15) is 19.7 Å². The molecule has 0 aliphatic carbocycles. The number of carbonyl (C=O) groups is 2. The summed E-state index contributed by atoms with van der Waals surface area (Å²) in [5.41, 5.74) is 0.780. The van der Waals surface area contributed by atoms with Gasteiger partial charge < -0.3 is 15.0 Å². The SMILES string of the molecule is CNc1ccc(C(=O)c2ccccc2C(=O)N2CCOCC2)cc1[N+](=O)[O-]. The second-order valence-corrected chi connectivity index (χ2v) is 6.02. The first-order chi connectivity index (χ1) is 13.0. The van der Waals surface area contributed by atoms with Gasteiger partial charge >= 0.3 is 0 Å². The summed E-state index contributed by atoms with van der Waals surface area (Å²) in [6.45, 7) is 1.84. The molecule has 1 saturated heterocycles. The van der Waals surface area contributed by atoms with Crippen molar-refractivity contribution in [3.05, 3.63) is 69.3 Å². The van der Waals surface area contributed by atoms with Crippen molar-refractivity contribution in [3.8, 4) is 0 Å². The van der Waals surface area contributed by atoms with Crippen LogP contribution in [0.5, 0.6) is 0 Å². The quantitative estimate of drug-likeness (QED) is 0.493. The van der Waals surface area contributed by atoms with E-state index < -0.39 is 10.7 Å². The lowest BCUT2D eigenvalue weighted by molar-refractivity contribution is -0.384. The lowest BCUT2D eigenvalue weighted by Crippen LogP contribution is -2.41. The zero-order valence-electron chi connectivity index (χ0n) is 14.8. The van der Waals surface area contributed by atoms with Crippen molar-refractivity contribution < 1.29 is 19.2 Å². The summed E-state index contributed by atoms with van der Waals surface area (Å²) in [5, 5.41) is 14.0. The highest BCUT2D eigenvalue weighted by Crippen LogP contribution is 2.27. The van der Waals surface area contributed by atoms with Gasteiger partial charge in [-0.2, -0.15) is 0 Å². The lowest BCUT2D eigenvalue weighted by Gasteiger charge is -2.27. The van der Waals surface area contributed by atoms with Gasteiger partial charge in [0, 0.05) is 37.3 Å². The number of nitrogens with one attached hydrogen (secondary N) is 1. The molecule has 1 amide bonds.